The van der Waals surface area contributed by atoms with Gasteiger partial charge in [0.05, 0.1) is 10.9 Å². The summed E-state index contributed by atoms with van der Waals surface area (Å²) in [6, 6.07) is 5.31. The summed E-state index contributed by atoms with van der Waals surface area (Å²) in [6.45, 7) is 6.06. The van der Waals surface area contributed by atoms with Crippen molar-refractivity contribution in [2.45, 2.75) is 32.1 Å². The first kappa shape index (κ1) is 17.0. The standard InChI is InChI=1S/C12H18ClIN2O2S/c1-8(2)15-7-9(3)19(17,18)16-12-5-4-10(13)6-11(12)14/h4-6,8-9,15-16H,7H2,1-3H3. The largest absolute Gasteiger partial charge is 0.313 e. The highest BCUT2D eigenvalue weighted by atomic mass is 127. The lowest BCUT2D eigenvalue weighted by Crippen LogP contribution is -2.37. The number of sulfonamides is 1. The fourth-order valence-corrected chi connectivity index (χ4v) is 3.53. The van der Waals surface area contributed by atoms with Crippen molar-refractivity contribution >= 4 is 49.9 Å². The van der Waals surface area contributed by atoms with E-state index in [0.717, 1.165) is 3.57 Å². The van der Waals surface area contributed by atoms with E-state index in [1.807, 2.05) is 13.8 Å². The van der Waals surface area contributed by atoms with Crippen molar-refractivity contribution in [2.24, 2.45) is 0 Å². The van der Waals surface area contributed by atoms with Gasteiger partial charge in [-0.15, -0.1) is 0 Å². The molecule has 0 saturated carbocycles. The molecule has 0 aliphatic rings. The molecule has 0 fully saturated rings. The van der Waals surface area contributed by atoms with Crippen LogP contribution in [0.2, 0.25) is 5.02 Å². The molecule has 0 saturated heterocycles. The molecular weight excluding hydrogens is 399 g/mol. The molecule has 0 aromatic heterocycles. The minimum absolute atomic E-state index is 0.258. The van der Waals surface area contributed by atoms with Gasteiger partial charge in [0.1, 0.15) is 0 Å². The smallest absolute Gasteiger partial charge is 0.236 e. The lowest BCUT2D eigenvalue weighted by Gasteiger charge is -2.17. The summed E-state index contributed by atoms with van der Waals surface area (Å²) in [7, 11) is -3.40. The Kier molecular flexibility index (Phi) is 6.35. The number of halogens is 2. The lowest BCUT2D eigenvalue weighted by atomic mass is 10.3. The average molecular weight is 417 g/mol. The van der Waals surface area contributed by atoms with Crippen LogP contribution in [0.25, 0.3) is 0 Å². The molecule has 19 heavy (non-hydrogen) atoms. The fourth-order valence-electron chi connectivity index (χ4n) is 1.34. The summed E-state index contributed by atoms with van der Waals surface area (Å²) in [6.07, 6.45) is 0. The molecule has 0 aliphatic carbocycles. The second-order valence-corrected chi connectivity index (χ2v) is 8.34. The molecule has 1 aromatic rings. The van der Waals surface area contributed by atoms with E-state index in [0.29, 0.717) is 17.3 Å². The molecule has 1 rings (SSSR count). The summed E-state index contributed by atoms with van der Waals surface area (Å²) in [4.78, 5) is 0. The minimum Gasteiger partial charge on any atom is -0.313 e. The molecule has 0 amide bonds. The fraction of sp³-hybridized carbons (Fsp3) is 0.500. The maximum Gasteiger partial charge on any atom is 0.236 e. The summed E-state index contributed by atoms with van der Waals surface area (Å²) in [5.74, 6) is 0. The van der Waals surface area contributed by atoms with E-state index in [1.54, 1.807) is 25.1 Å². The van der Waals surface area contributed by atoms with E-state index >= 15 is 0 Å². The maximum absolute atomic E-state index is 12.2. The van der Waals surface area contributed by atoms with E-state index in [-0.39, 0.29) is 6.04 Å². The molecule has 1 unspecified atom stereocenters. The Balaban J connectivity index is 2.78. The molecule has 2 N–H and O–H groups in total. The van der Waals surface area contributed by atoms with Gasteiger partial charge < -0.3 is 5.32 Å². The highest BCUT2D eigenvalue weighted by molar-refractivity contribution is 14.1. The normalized spacial score (nSPS) is 13.6. The van der Waals surface area contributed by atoms with E-state index in [1.165, 1.54) is 0 Å². The predicted molar refractivity (Wildman–Crippen MR) is 89.3 cm³/mol. The summed E-state index contributed by atoms with van der Waals surface area (Å²) < 4.78 is 27.7. The summed E-state index contributed by atoms with van der Waals surface area (Å²) in [5.41, 5.74) is 0.557. The monoisotopic (exact) mass is 416 g/mol. The number of nitrogens with one attached hydrogen (secondary N) is 2. The van der Waals surface area contributed by atoms with Crippen LogP contribution in [0.5, 0.6) is 0 Å². The van der Waals surface area contributed by atoms with E-state index in [2.05, 4.69) is 32.6 Å². The number of hydrogen-bond donors (Lipinski definition) is 2. The van der Waals surface area contributed by atoms with Crippen LogP contribution in [-0.4, -0.2) is 26.3 Å². The van der Waals surface area contributed by atoms with Gasteiger partial charge in [-0.25, -0.2) is 8.42 Å². The molecule has 0 radical (unpaired) electrons. The van der Waals surface area contributed by atoms with Crippen LogP contribution >= 0.6 is 34.2 Å². The molecule has 1 aromatic carbocycles. The minimum atomic E-state index is -3.40. The van der Waals surface area contributed by atoms with Crippen molar-refractivity contribution < 1.29 is 8.42 Å². The third kappa shape index (κ3) is 5.45. The van der Waals surface area contributed by atoms with Gasteiger partial charge in [-0.2, -0.15) is 0 Å². The molecule has 0 heterocycles. The van der Waals surface area contributed by atoms with E-state index < -0.39 is 15.3 Å². The van der Waals surface area contributed by atoms with Crippen LogP contribution in [0.1, 0.15) is 20.8 Å². The third-order valence-corrected chi connectivity index (χ3v) is 5.38. The zero-order chi connectivity index (χ0) is 14.6. The predicted octanol–water partition coefficient (Wildman–Crippen LogP) is 3.07. The van der Waals surface area contributed by atoms with Gasteiger partial charge in [-0.1, -0.05) is 25.4 Å². The number of hydrogen-bond acceptors (Lipinski definition) is 3. The van der Waals surface area contributed by atoms with Crippen molar-refractivity contribution in [1.29, 1.82) is 0 Å². The van der Waals surface area contributed by atoms with Gasteiger partial charge in [0.2, 0.25) is 10.0 Å². The third-order valence-electron chi connectivity index (χ3n) is 2.53. The Morgan fingerprint density at radius 2 is 1.95 bits per heavy atom. The molecule has 7 heteroatoms. The van der Waals surface area contributed by atoms with Crippen molar-refractivity contribution in [3.05, 3.63) is 26.8 Å². The Morgan fingerprint density at radius 3 is 2.47 bits per heavy atom. The number of benzene rings is 1. The Bertz CT molecular complexity index is 535. The summed E-state index contributed by atoms with van der Waals surface area (Å²) >= 11 is 7.90. The Hall–Kier alpha value is -0.0500. The van der Waals surface area contributed by atoms with Crippen LogP contribution in [-0.2, 0) is 10.0 Å². The second-order valence-electron chi connectivity index (χ2n) is 4.64. The molecule has 0 aliphatic heterocycles. The van der Waals surface area contributed by atoms with Crippen LogP contribution in [0.15, 0.2) is 18.2 Å². The average Bonchev–Trinajstić information content (AvgIpc) is 2.29. The molecule has 4 nitrogen and oxygen atoms in total. The van der Waals surface area contributed by atoms with Crippen LogP contribution in [0, 0.1) is 3.57 Å². The van der Waals surface area contributed by atoms with Crippen molar-refractivity contribution in [3.63, 3.8) is 0 Å². The van der Waals surface area contributed by atoms with Gasteiger partial charge in [-0.05, 0) is 47.7 Å². The number of anilines is 1. The van der Waals surface area contributed by atoms with Gasteiger partial charge in [0.15, 0.2) is 0 Å². The van der Waals surface area contributed by atoms with Crippen LogP contribution < -0.4 is 10.0 Å². The zero-order valence-electron chi connectivity index (χ0n) is 11.1. The van der Waals surface area contributed by atoms with Gasteiger partial charge in [0, 0.05) is 21.2 Å². The Labute approximate surface area is 133 Å². The molecular formula is C12H18ClIN2O2S. The first-order valence-corrected chi connectivity index (χ1v) is 8.92. The molecule has 0 bridgehead atoms. The first-order valence-electron chi connectivity index (χ1n) is 5.92. The molecule has 0 spiro atoms. The van der Waals surface area contributed by atoms with Crippen molar-refractivity contribution in [3.8, 4) is 0 Å². The molecule has 108 valence electrons. The number of rotatable bonds is 6. The summed E-state index contributed by atoms with van der Waals surface area (Å²) in [5, 5.41) is 3.19. The lowest BCUT2D eigenvalue weighted by molar-refractivity contribution is 0.553. The van der Waals surface area contributed by atoms with Gasteiger partial charge in [0.25, 0.3) is 0 Å². The highest BCUT2D eigenvalue weighted by Crippen LogP contribution is 2.23. The van der Waals surface area contributed by atoms with Crippen molar-refractivity contribution in [1.82, 2.24) is 5.32 Å². The van der Waals surface area contributed by atoms with Crippen LogP contribution in [0.3, 0.4) is 0 Å². The van der Waals surface area contributed by atoms with Crippen molar-refractivity contribution in [2.75, 3.05) is 11.3 Å². The van der Waals surface area contributed by atoms with Crippen LogP contribution in [0.4, 0.5) is 5.69 Å². The maximum atomic E-state index is 12.2. The second kappa shape index (κ2) is 7.10. The Morgan fingerprint density at radius 1 is 1.32 bits per heavy atom. The topological polar surface area (TPSA) is 58.2 Å². The zero-order valence-corrected chi connectivity index (χ0v) is 14.8. The van der Waals surface area contributed by atoms with Gasteiger partial charge in [-0.3, -0.25) is 4.72 Å². The quantitative estimate of drug-likeness (QED) is 0.701. The molecule has 1 atom stereocenters. The first-order chi connectivity index (χ1) is 8.72. The highest BCUT2D eigenvalue weighted by Gasteiger charge is 2.21. The SMILES string of the molecule is CC(C)NCC(C)S(=O)(=O)Nc1ccc(Cl)cc1I. The van der Waals surface area contributed by atoms with E-state index in [9.17, 15) is 8.42 Å². The van der Waals surface area contributed by atoms with E-state index in [4.69, 9.17) is 11.6 Å². The van der Waals surface area contributed by atoms with Gasteiger partial charge >= 0.3 is 0 Å².